The molecular formula is C22H25N3O3. The highest BCUT2D eigenvalue weighted by molar-refractivity contribution is 5.93. The van der Waals surface area contributed by atoms with E-state index >= 15 is 0 Å². The van der Waals surface area contributed by atoms with Crippen molar-refractivity contribution in [2.75, 3.05) is 11.9 Å². The van der Waals surface area contributed by atoms with Gasteiger partial charge in [-0.05, 0) is 43.3 Å². The van der Waals surface area contributed by atoms with Gasteiger partial charge in [0.25, 0.3) is 0 Å². The Hall–Kier alpha value is -3.15. The first-order chi connectivity index (χ1) is 13.3. The number of benzene rings is 2. The monoisotopic (exact) mass is 379 g/mol. The number of fused-ring (bicyclic) bond motifs is 1. The van der Waals surface area contributed by atoms with E-state index in [4.69, 9.17) is 9.72 Å². The Labute approximate surface area is 164 Å². The number of aromatic nitrogens is 2. The molecule has 6 nitrogen and oxygen atoms in total. The molecule has 1 N–H and O–H groups in total. The Bertz CT molecular complexity index is 998. The Morgan fingerprint density at radius 1 is 1.07 bits per heavy atom. The van der Waals surface area contributed by atoms with Gasteiger partial charge in [-0.3, -0.25) is 4.79 Å². The number of imidazole rings is 1. The minimum absolute atomic E-state index is 0.155. The van der Waals surface area contributed by atoms with Crippen LogP contribution in [0, 0.1) is 0 Å². The predicted octanol–water partition coefficient (Wildman–Crippen LogP) is 4.15. The fraction of sp³-hybridized carbons (Fsp3) is 0.318. The van der Waals surface area contributed by atoms with Crippen LogP contribution in [0.25, 0.3) is 11.0 Å². The number of nitrogens with zero attached hydrogens (tertiary/aromatic N) is 2. The van der Waals surface area contributed by atoms with Crippen LogP contribution in [-0.4, -0.2) is 28.0 Å². The zero-order chi connectivity index (χ0) is 20.3. The van der Waals surface area contributed by atoms with Crippen LogP contribution in [0.15, 0.2) is 48.5 Å². The molecule has 6 heteroatoms. The van der Waals surface area contributed by atoms with Gasteiger partial charge >= 0.3 is 5.97 Å². The molecule has 0 aliphatic heterocycles. The van der Waals surface area contributed by atoms with Gasteiger partial charge in [0, 0.05) is 11.1 Å². The Balaban J connectivity index is 1.79. The van der Waals surface area contributed by atoms with Gasteiger partial charge in [-0.2, -0.15) is 0 Å². The number of rotatable bonds is 5. The average Bonchev–Trinajstić information content (AvgIpc) is 3.01. The maximum atomic E-state index is 12.7. The average molecular weight is 379 g/mol. The molecule has 28 heavy (non-hydrogen) atoms. The predicted molar refractivity (Wildman–Crippen MR) is 109 cm³/mol. The summed E-state index contributed by atoms with van der Waals surface area (Å²) < 4.78 is 6.92. The summed E-state index contributed by atoms with van der Waals surface area (Å²) in [7, 11) is 0. The second-order valence-corrected chi connectivity index (χ2v) is 7.61. The van der Waals surface area contributed by atoms with E-state index in [0.717, 1.165) is 16.9 Å². The third kappa shape index (κ3) is 4.22. The van der Waals surface area contributed by atoms with Crippen molar-refractivity contribution in [1.82, 2.24) is 9.55 Å². The number of para-hydroxylation sites is 2. The van der Waals surface area contributed by atoms with E-state index in [0.29, 0.717) is 17.9 Å². The van der Waals surface area contributed by atoms with E-state index in [1.165, 1.54) is 0 Å². The lowest BCUT2D eigenvalue weighted by atomic mass is 9.95. The summed E-state index contributed by atoms with van der Waals surface area (Å²) >= 11 is 0. The standard InChI is InChI=1S/C22H25N3O3/c1-5-28-20(27)15-10-12-16(13-11-15)23-19(26)14-25-18-9-7-6-8-17(18)24-21(25)22(2,3)4/h6-13H,5,14H2,1-4H3,(H,23,26). The zero-order valence-corrected chi connectivity index (χ0v) is 16.7. The zero-order valence-electron chi connectivity index (χ0n) is 16.7. The minimum atomic E-state index is -0.375. The lowest BCUT2D eigenvalue weighted by Gasteiger charge is -2.20. The highest BCUT2D eigenvalue weighted by Crippen LogP contribution is 2.26. The molecule has 0 saturated heterocycles. The van der Waals surface area contributed by atoms with Crippen molar-refractivity contribution in [2.24, 2.45) is 0 Å². The minimum Gasteiger partial charge on any atom is -0.462 e. The van der Waals surface area contributed by atoms with Gasteiger partial charge in [-0.25, -0.2) is 9.78 Å². The molecule has 0 bridgehead atoms. The lowest BCUT2D eigenvalue weighted by Crippen LogP contribution is -2.25. The summed E-state index contributed by atoms with van der Waals surface area (Å²) in [6, 6.07) is 14.5. The Morgan fingerprint density at radius 2 is 1.75 bits per heavy atom. The van der Waals surface area contributed by atoms with E-state index in [-0.39, 0.29) is 23.8 Å². The second kappa shape index (κ2) is 7.84. The molecule has 3 rings (SSSR count). The molecule has 1 aromatic heterocycles. The molecule has 0 radical (unpaired) electrons. The van der Waals surface area contributed by atoms with Gasteiger partial charge in [0.1, 0.15) is 12.4 Å². The number of carbonyl (C=O) groups excluding carboxylic acids is 2. The van der Waals surface area contributed by atoms with Gasteiger partial charge in [-0.15, -0.1) is 0 Å². The van der Waals surface area contributed by atoms with Crippen molar-refractivity contribution in [3.05, 3.63) is 59.9 Å². The van der Waals surface area contributed by atoms with Gasteiger partial charge in [-0.1, -0.05) is 32.9 Å². The maximum Gasteiger partial charge on any atom is 0.338 e. The van der Waals surface area contributed by atoms with Crippen LogP contribution in [0.3, 0.4) is 0 Å². The molecule has 0 unspecified atom stereocenters. The Morgan fingerprint density at radius 3 is 2.39 bits per heavy atom. The first-order valence-electron chi connectivity index (χ1n) is 9.32. The highest BCUT2D eigenvalue weighted by Gasteiger charge is 2.24. The van der Waals surface area contributed by atoms with E-state index in [1.54, 1.807) is 31.2 Å². The number of carbonyl (C=O) groups is 2. The number of anilines is 1. The van der Waals surface area contributed by atoms with E-state index in [2.05, 4.69) is 26.1 Å². The summed E-state index contributed by atoms with van der Waals surface area (Å²) in [5.41, 5.74) is 2.69. The number of nitrogens with one attached hydrogen (secondary N) is 1. The number of esters is 1. The molecule has 146 valence electrons. The molecule has 0 fully saturated rings. The molecule has 1 heterocycles. The highest BCUT2D eigenvalue weighted by atomic mass is 16.5. The fourth-order valence-corrected chi connectivity index (χ4v) is 3.06. The van der Waals surface area contributed by atoms with Gasteiger partial charge in [0.15, 0.2) is 0 Å². The fourth-order valence-electron chi connectivity index (χ4n) is 3.06. The summed E-state index contributed by atoms with van der Waals surface area (Å²) in [5, 5.41) is 2.88. The largest absolute Gasteiger partial charge is 0.462 e. The number of hydrogen-bond donors (Lipinski definition) is 1. The van der Waals surface area contributed by atoms with E-state index in [1.807, 2.05) is 28.8 Å². The maximum absolute atomic E-state index is 12.7. The lowest BCUT2D eigenvalue weighted by molar-refractivity contribution is -0.116. The molecule has 0 spiro atoms. The van der Waals surface area contributed by atoms with E-state index in [9.17, 15) is 9.59 Å². The third-order valence-corrected chi connectivity index (χ3v) is 4.31. The van der Waals surface area contributed by atoms with Crippen LogP contribution in [-0.2, 0) is 21.5 Å². The van der Waals surface area contributed by atoms with E-state index < -0.39 is 0 Å². The van der Waals surface area contributed by atoms with Crippen molar-refractivity contribution in [3.63, 3.8) is 0 Å². The molecule has 2 aromatic carbocycles. The van der Waals surface area contributed by atoms with Crippen LogP contribution < -0.4 is 5.32 Å². The number of amides is 1. The number of ether oxygens (including phenoxy) is 1. The van der Waals surface area contributed by atoms with Gasteiger partial charge in [0.05, 0.1) is 23.2 Å². The van der Waals surface area contributed by atoms with Crippen molar-refractivity contribution in [3.8, 4) is 0 Å². The Kier molecular flexibility index (Phi) is 5.49. The van der Waals surface area contributed by atoms with Crippen LogP contribution in [0.5, 0.6) is 0 Å². The van der Waals surface area contributed by atoms with Crippen LogP contribution in [0.2, 0.25) is 0 Å². The van der Waals surface area contributed by atoms with Crippen molar-refractivity contribution in [2.45, 2.75) is 39.7 Å². The SMILES string of the molecule is CCOC(=O)c1ccc(NC(=O)Cn2c(C(C)(C)C)nc3ccccc32)cc1. The van der Waals surface area contributed by atoms with Crippen molar-refractivity contribution >= 4 is 28.6 Å². The first kappa shape index (κ1) is 19.6. The topological polar surface area (TPSA) is 73.2 Å². The molecular weight excluding hydrogens is 354 g/mol. The second-order valence-electron chi connectivity index (χ2n) is 7.61. The van der Waals surface area contributed by atoms with Crippen molar-refractivity contribution in [1.29, 1.82) is 0 Å². The van der Waals surface area contributed by atoms with Crippen LogP contribution in [0.1, 0.15) is 43.9 Å². The third-order valence-electron chi connectivity index (χ3n) is 4.31. The first-order valence-corrected chi connectivity index (χ1v) is 9.32. The molecule has 0 saturated carbocycles. The summed E-state index contributed by atoms with van der Waals surface area (Å²) in [4.78, 5) is 29.1. The number of hydrogen-bond acceptors (Lipinski definition) is 4. The quantitative estimate of drug-likeness (QED) is 0.676. The molecule has 0 aliphatic rings. The smallest absolute Gasteiger partial charge is 0.338 e. The van der Waals surface area contributed by atoms with Gasteiger partial charge < -0.3 is 14.6 Å². The molecule has 1 amide bonds. The summed E-state index contributed by atoms with van der Waals surface area (Å²) in [6.07, 6.45) is 0. The van der Waals surface area contributed by atoms with Crippen LogP contribution >= 0.6 is 0 Å². The summed E-state index contributed by atoms with van der Waals surface area (Å²) in [5.74, 6) is 0.333. The van der Waals surface area contributed by atoms with Crippen LogP contribution in [0.4, 0.5) is 5.69 Å². The molecule has 0 atom stereocenters. The van der Waals surface area contributed by atoms with Crippen molar-refractivity contribution < 1.29 is 14.3 Å². The normalized spacial score (nSPS) is 11.4. The molecule has 0 aliphatic carbocycles. The summed E-state index contributed by atoms with van der Waals surface area (Å²) in [6.45, 7) is 8.49. The van der Waals surface area contributed by atoms with Gasteiger partial charge in [0.2, 0.25) is 5.91 Å². The molecule has 3 aromatic rings.